The van der Waals surface area contributed by atoms with Crippen LogP contribution in [0.5, 0.6) is 0 Å². The van der Waals surface area contributed by atoms with Gasteiger partial charge in [-0.05, 0) is 43.3 Å². The molecular weight excluding hydrogens is 340 g/mol. The summed E-state index contributed by atoms with van der Waals surface area (Å²) in [5.41, 5.74) is 2.00. The molecule has 0 radical (unpaired) electrons. The molecule has 0 amide bonds. The first kappa shape index (κ1) is 15.3. The first-order valence-corrected chi connectivity index (χ1v) is 7.92. The molecule has 0 aliphatic rings. The number of hydrogen-bond donors (Lipinski definition) is 2. The van der Waals surface area contributed by atoms with Crippen LogP contribution in [0.1, 0.15) is 21.9 Å². The summed E-state index contributed by atoms with van der Waals surface area (Å²) < 4.78 is 1.75. The van der Waals surface area contributed by atoms with Gasteiger partial charge < -0.3 is 5.32 Å². The van der Waals surface area contributed by atoms with Crippen molar-refractivity contribution in [2.45, 2.75) is 6.92 Å². The smallest absolute Gasteiger partial charge is 0.230 e. The molecular formula is C17H13ClN6O. The average Bonchev–Trinajstić information content (AvgIpc) is 3.23. The Labute approximate surface area is 147 Å². The predicted molar refractivity (Wildman–Crippen MR) is 94.5 cm³/mol. The number of fused-ring (bicyclic) bond motifs is 1. The lowest BCUT2D eigenvalue weighted by atomic mass is 10.1. The monoisotopic (exact) mass is 352 g/mol. The molecule has 8 heteroatoms. The van der Waals surface area contributed by atoms with E-state index in [1.165, 1.54) is 0 Å². The molecule has 0 aliphatic heterocycles. The third-order valence-electron chi connectivity index (χ3n) is 3.64. The predicted octanol–water partition coefficient (Wildman–Crippen LogP) is 3.39. The molecule has 0 fully saturated rings. The number of nitrogens with one attached hydrogen (secondary N) is 2. The van der Waals surface area contributed by atoms with Gasteiger partial charge in [-0.15, -0.1) is 0 Å². The van der Waals surface area contributed by atoms with E-state index in [-0.39, 0.29) is 11.6 Å². The first-order valence-electron chi connectivity index (χ1n) is 7.54. The number of halogens is 1. The Hall–Kier alpha value is -3.19. The van der Waals surface area contributed by atoms with E-state index in [0.29, 0.717) is 28.0 Å². The Morgan fingerprint density at radius 3 is 2.72 bits per heavy atom. The third kappa shape index (κ3) is 2.97. The highest BCUT2D eigenvalue weighted by Gasteiger charge is 2.16. The van der Waals surface area contributed by atoms with Crippen molar-refractivity contribution >= 4 is 34.8 Å². The lowest BCUT2D eigenvalue weighted by Gasteiger charge is -2.08. The van der Waals surface area contributed by atoms with Crippen LogP contribution in [0.2, 0.25) is 5.02 Å². The number of rotatable bonds is 4. The standard InChI is InChI=1S/C17H13ClN6O/c1-10-9-13(23-22-10)19-17-21-16(20-14-3-2-8-24(14)17)15(25)11-4-6-12(18)7-5-11/h2-9H,1H3,(H2,19,20,21,22,23). The van der Waals surface area contributed by atoms with Crippen LogP contribution in [-0.4, -0.2) is 30.3 Å². The van der Waals surface area contributed by atoms with Crippen molar-refractivity contribution in [2.75, 3.05) is 5.32 Å². The molecule has 1 aromatic carbocycles. The number of carbonyl (C=O) groups is 1. The second-order valence-electron chi connectivity index (χ2n) is 5.50. The summed E-state index contributed by atoms with van der Waals surface area (Å²) in [6, 6.07) is 12.1. The molecule has 4 aromatic rings. The summed E-state index contributed by atoms with van der Waals surface area (Å²) in [4.78, 5) is 21.4. The molecule has 0 bridgehead atoms. The van der Waals surface area contributed by atoms with Crippen LogP contribution in [0.25, 0.3) is 5.65 Å². The number of aromatic amines is 1. The molecule has 4 rings (SSSR count). The zero-order chi connectivity index (χ0) is 17.4. The van der Waals surface area contributed by atoms with Gasteiger partial charge in [0.2, 0.25) is 17.6 Å². The molecule has 0 spiro atoms. The second-order valence-corrected chi connectivity index (χ2v) is 5.94. The lowest BCUT2D eigenvalue weighted by molar-refractivity contribution is 0.102. The van der Waals surface area contributed by atoms with E-state index >= 15 is 0 Å². The first-order chi connectivity index (χ1) is 12.1. The lowest BCUT2D eigenvalue weighted by Crippen LogP contribution is -2.12. The van der Waals surface area contributed by atoms with Gasteiger partial charge in [0.1, 0.15) is 5.65 Å². The number of anilines is 2. The van der Waals surface area contributed by atoms with Crippen LogP contribution in [0, 0.1) is 6.92 Å². The van der Waals surface area contributed by atoms with Crippen LogP contribution >= 0.6 is 11.6 Å². The fraction of sp³-hybridized carbons (Fsp3) is 0.0588. The SMILES string of the molecule is Cc1cc(Nc2nc(C(=O)c3ccc(Cl)cc3)nc3cccn23)n[nH]1. The van der Waals surface area contributed by atoms with Crippen molar-refractivity contribution in [1.29, 1.82) is 0 Å². The van der Waals surface area contributed by atoms with Crippen LogP contribution in [0.3, 0.4) is 0 Å². The van der Waals surface area contributed by atoms with E-state index in [9.17, 15) is 4.79 Å². The Morgan fingerprint density at radius 1 is 1.20 bits per heavy atom. The minimum atomic E-state index is -0.276. The van der Waals surface area contributed by atoms with Gasteiger partial charge in [-0.2, -0.15) is 10.1 Å². The zero-order valence-electron chi connectivity index (χ0n) is 13.2. The normalized spacial score (nSPS) is 11.0. The summed E-state index contributed by atoms with van der Waals surface area (Å²) in [6.45, 7) is 1.90. The summed E-state index contributed by atoms with van der Waals surface area (Å²) in [6.07, 6.45) is 1.81. The number of aryl methyl sites for hydroxylation is 1. The second kappa shape index (κ2) is 6.03. The van der Waals surface area contributed by atoms with Crippen LogP contribution in [0.15, 0.2) is 48.7 Å². The highest BCUT2D eigenvalue weighted by Crippen LogP contribution is 2.18. The minimum absolute atomic E-state index is 0.100. The topological polar surface area (TPSA) is 88.0 Å². The summed E-state index contributed by atoms with van der Waals surface area (Å²) in [7, 11) is 0. The Morgan fingerprint density at radius 2 is 2.00 bits per heavy atom. The van der Waals surface area contributed by atoms with Crippen LogP contribution < -0.4 is 5.32 Å². The molecule has 124 valence electrons. The molecule has 0 aliphatic carbocycles. The van der Waals surface area contributed by atoms with E-state index in [1.807, 2.05) is 25.3 Å². The zero-order valence-corrected chi connectivity index (χ0v) is 13.9. The van der Waals surface area contributed by atoms with Crippen molar-refractivity contribution in [3.63, 3.8) is 0 Å². The molecule has 0 saturated heterocycles. The number of nitrogens with zero attached hydrogens (tertiary/aromatic N) is 4. The van der Waals surface area contributed by atoms with Crippen molar-refractivity contribution in [1.82, 2.24) is 24.6 Å². The maximum atomic E-state index is 12.7. The van der Waals surface area contributed by atoms with Crippen LogP contribution in [-0.2, 0) is 0 Å². The summed E-state index contributed by atoms with van der Waals surface area (Å²) in [5, 5.41) is 10.7. The van der Waals surface area contributed by atoms with E-state index in [2.05, 4.69) is 25.5 Å². The summed E-state index contributed by atoms with van der Waals surface area (Å²) >= 11 is 5.88. The van der Waals surface area contributed by atoms with Gasteiger partial charge in [-0.1, -0.05) is 11.6 Å². The van der Waals surface area contributed by atoms with Gasteiger partial charge in [-0.25, -0.2) is 4.98 Å². The number of aromatic nitrogens is 5. The van der Waals surface area contributed by atoms with Crippen molar-refractivity contribution < 1.29 is 4.79 Å². The molecule has 0 atom stereocenters. The molecule has 2 N–H and O–H groups in total. The van der Waals surface area contributed by atoms with Gasteiger partial charge in [-0.3, -0.25) is 14.3 Å². The maximum Gasteiger partial charge on any atom is 0.230 e. The molecule has 0 saturated carbocycles. The molecule has 25 heavy (non-hydrogen) atoms. The number of carbonyl (C=O) groups excluding carboxylic acids is 1. The number of hydrogen-bond acceptors (Lipinski definition) is 5. The molecule has 3 heterocycles. The van der Waals surface area contributed by atoms with Gasteiger partial charge in [0, 0.05) is 28.5 Å². The van der Waals surface area contributed by atoms with E-state index in [0.717, 1.165) is 5.69 Å². The van der Waals surface area contributed by atoms with E-state index in [1.54, 1.807) is 34.7 Å². The van der Waals surface area contributed by atoms with E-state index in [4.69, 9.17) is 11.6 Å². The van der Waals surface area contributed by atoms with Crippen molar-refractivity contribution in [3.05, 3.63) is 70.8 Å². The Balaban J connectivity index is 1.77. The highest BCUT2D eigenvalue weighted by molar-refractivity contribution is 6.30. The van der Waals surface area contributed by atoms with Crippen LogP contribution in [0.4, 0.5) is 11.8 Å². The highest BCUT2D eigenvalue weighted by atomic mass is 35.5. The minimum Gasteiger partial charge on any atom is -0.308 e. The average molecular weight is 353 g/mol. The molecule has 7 nitrogen and oxygen atoms in total. The quantitative estimate of drug-likeness (QED) is 0.550. The molecule has 0 unspecified atom stereocenters. The number of ketones is 1. The molecule has 3 aromatic heterocycles. The number of benzene rings is 1. The third-order valence-corrected chi connectivity index (χ3v) is 3.89. The maximum absolute atomic E-state index is 12.7. The van der Waals surface area contributed by atoms with Crippen molar-refractivity contribution in [2.24, 2.45) is 0 Å². The van der Waals surface area contributed by atoms with Gasteiger partial charge in [0.25, 0.3) is 0 Å². The number of H-pyrrole nitrogens is 1. The fourth-order valence-electron chi connectivity index (χ4n) is 2.45. The summed E-state index contributed by atoms with van der Waals surface area (Å²) in [5.74, 6) is 0.889. The fourth-order valence-corrected chi connectivity index (χ4v) is 2.57. The van der Waals surface area contributed by atoms with Gasteiger partial charge in [0.15, 0.2) is 5.82 Å². The van der Waals surface area contributed by atoms with Gasteiger partial charge in [0.05, 0.1) is 0 Å². The van der Waals surface area contributed by atoms with Crippen molar-refractivity contribution in [3.8, 4) is 0 Å². The van der Waals surface area contributed by atoms with E-state index < -0.39 is 0 Å². The Kier molecular flexibility index (Phi) is 3.70. The largest absolute Gasteiger partial charge is 0.308 e. The van der Waals surface area contributed by atoms with Gasteiger partial charge >= 0.3 is 0 Å². The Bertz CT molecular complexity index is 1070.